The first kappa shape index (κ1) is 18.8. The molecule has 2 aromatic rings. The van der Waals surface area contributed by atoms with Gasteiger partial charge in [0, 0.05) is 11.2 Å². The van der Waals surface area contributed by atoms with Crippen molar-refractivity contribution in [3.8, 4) is 11.5 Å². The molecule has 0 unspecified atom stereocenters. The number of aryl methyl sites for hydroxylation is 1. The summed E-state index contributed by atoms with van der Waals surface area (Å²) in [5.74, 6) is 1.43. The second-order valence-corrected chi connectivity index (χ2v) is 6.65. The predicted molar refractivity (Wildman–Crippen MR) is 109 cm³/mol. The van der Waals surface area contributed by atoms with Gasteiger partial charge in [0.25, 0.3) is 0 Å². The standard InChI is InChI=1S/C19H19ClINO2/c1-4-8-24-19-16(21)9-14(10-18(19)23-5-2)12-22-17-11-15(20)7-6-13(17)3/h4,6-7,9-12H,1,5,8H2,2-3H3. The molecule has 5 heteroatoms. The molecular weight excluding hydrogens is 437 g/mol. The average molecular weight is 456 g/mol. The monoisotopic (exact) mass is 455 g/mol. The fourth-order valence-corrected chi connectivity index (χ4v) is 3.02. The first-order valence-corrected chi connectivity index (χ1v) is 9.01. The normalized spacial score (nSPS) is 10.8. The van der Waals surface area contributed by atoms with Crippen molar-refractivity contribution >= 4 is 46.1 Å². The lowest BCUT2D eigenvalue weighted by atomic mass is 10.2. The lowest BCUT2D eigenvalue weighted by Gasteiger charge is -2.13. The van der Waals surface area contributed by atoms with E-state index in [9.17, 15) is 0 Å². The minimum absolute atomic E-state index is 0.436. The maximum Gasteiger partial charge on any atom is 0.174 e. The van der Waals surface area contributed by atoms with E-state index in [2.05, 4.69) is 34.2 Å². The van der Waals surface area contributed by atoms with Gasteiger partial charge in [-0.2, -0.15) is 0 Å². The van der Waals surface area contributed by atoms with Crippen LogP contribution in [-0.4, -0.2) is 19.4 Å². The largest absolute Gasteiger partial charge is 0.490 e. The minimum atomic E-state index is 0.436. The molecule has 0 amide bonds. The van der Waals surface area contributed by atoms with Gasteiger partial charge >= 0.3 is 0 Å². The third kappa shape index (κ3) is 4.98. The molecular formula is C19H19ClINO2. The van der Waals surface area contributed by atoms with Crippen LogP contribution in [0.2, 0.25) is 5.02 Å². The molecule has 0 N–H and O–H groups in total. The van der Waals surface area contributed by atoms with Crippen molar-refractivity contribution in [1.29, 1.82) is 0 Å². The van der Waals surface area contributed by atoms with Crippen molar-refractivity contribution < 1.29 is 9.47 Å². The summed E-state index contributed by atoms with van der Waals surface area (Å²) in [6, 6.07) is 9.59. The number of benzene rings is 2. The zero-order valence-electron chi connectivity index (χ0n) is 13.7. The van der Waals surface area contributed by atoms with Gasteiger partial charge in [0.05, 0.1) is 15.9 Å². The molecule has 24 heavy (non-hydrogen) atoms. The summed E-state index contributed by atoms with van der Waals surface area (Å²) in [7, 11) is 0. The Balaban J connectivity index is 2.34. The smallest absolute Gasteiger partial charge is 0.174 e. The Morgan fingerprint density at radius 1 is 1.25 bits per heavy atom. The molecule has 0 saturated heterocycles. The highest BCUT2D eigenvalue weighted by molar-refractivity contribution is 14.1. The van der Waals surface area contributed by atoms with E-state index in [1.165, 1.54) is 0 Å². The number of ether oxygens (including phenoxy) is 2. The van der Waals surface area contributed by atoms with E-state index in [0.29, 0.717) is 24.0 Å². The number of aliphatic imine (C=N–C) groups is 1. The van der Waals surface area contributed by atoms with Crippen LogP contribution in [0.5, 0.6) is 11.5 Å². The number of rotatable bonds is 7. The predicted octanol–water partition coefficient (Wildman–Crippen LogP) is 5.97. The molecule has 0 fully saturated rings. The Morgan fingerprint density at radius 3 is 2.75 bits per heavy atom. The van der Waals surface area contributed by atoms with E-state index in [1.54, 1.807) is 12.3 Å². The van der Waals surface area contributed by atoms with Crippen LogP contribution in [0.3, 0.4) is 0 Å². The molecule has 2 aromatic carbocycles. The summed E-state index contributed by atoms with van der Waals surface area (Å²) in [5, 5.41) is 0.672. The summed E-state index contributed by atoms with van der Waals surface area (Å²) in [6.45, 7) is 8.63. The van der Waals surface area contributed by atoms with Gasteiger partial charge in [-0.3, -0.25) is 4.99 Å². The molecule has 0 aliphatic rings. The van der Waals surface area contributed by atoms with Crippen molar-refractivity contribution in [2.45, 2.75) is 13.8 Å². The minimum Gasteiger partial charge on any atom is -0.490 e. The van der Waals surface area contributed by atoms with E-state index in [1.807, 2.05) is 44.2 Å². The quantitative estimate of drug-likeness (QED) is 0.293. The molecule has 3 nitrogen and oxygen atoms in total. The van der Waals surface area contributed by atoms with Crippen molar-refractivity contribution in [1.82, 2.24) is 0 Å². The van der Waals surface area contributed by atoms with Crippen LogP contribution in [0.1, 0.15) is 18.1 Å². The van der Waals surface area contributed by atoms with Gasteiger partial charge in [0.1, 0.15) is 6.61 Å². The van der Waals surface area contributed by atoms with E-state index in [0.717, 1.165) is 26.1 Å². The first-order valence-electron chi connectivity index (χ1n) is 7.55. The number of hydrogen-bond acceptors (Lipinski definition) is 3. The third-order valence-corrected chi connectivity index (χ3v) is 4.24. The molecule has 0 radical (unpaired) electrons. The maximum absolute atomic E-state index is 6.04. The Labute approximate surface area is 161 Å². The molecule has 0 heterocycles. The van der Waals surface area contributed by atoms with Gasteiger partial charge in [-0.25, -0.2) is 0 Å². The van der Waals surface area contributed by atoms with Gasteiger partial charge in [-0.15, -0.1) is 0 Å². The second-order valence-electron chi connectivity index (χ2n) is 5.05. The summed E-state index contributed by atoms with van der Waals surface area (Å²) >= 11 is 8.28. The SMILES string of the molecule is C=CCOc1c(I)cc(C=Nc2cc(Cl)ccc2C)cc1OCC. The summed E-state index contributed by atoms with van der Waals surface area (Å²) < 4.78 is 12.4. The van der Waals surface area contributed by atoms with E-state index < -0.39 is 0 Å². The Kier molecular flexibility index (Phi) is 7.12. The zero-order chi connectivity index (χ0) is 17.5. The molecule has 0 aliphatic carbocycles. The van der Waals surface area contributed by atoms with Crippen molar-refractivity contribution in [3.05, 3.63) is 62.7 Å². The summed E-state index contributed by atoms with van der Waals surface area (Å²) in [5.41, 5.74) is 2.86. The van der Waals surface area contributed by atoms with Gasteiger partial charge in [0.15, 0.2) is 11.5 Å². The van der Waals surface area contributed by atoms with Crippen molar-refractivity contribution in [2.75, 3.05) is 13.2 Å². The van der Waals surface area contributed by atoms with Crippen LogP contribution in [0.15, 0.2) is 48.0 Å². The second kappa shape index (κ2) is 9.08. The van der Waals surface area contributed by atoms with Gasteiger partial charge in [-0.1, -0.05) is 30.3 Å². The molecule has 0 saturated carbocycles. The Morgan fingerprint density at radius 2 is 2.04 bits per heavy atom. The van der Waals surface area contributed by atoms with Crippen LogP contribution in [0.4, 0.5) is 5.69 Å². The number of halogens is 2. The van der Waals surface area contributed by atoms with E-state index >= 15 is 0 Å². The summed E-state index contributed by atoms with van der Waals surface area (Å²) in [4.78, 5) is 4.55. The highest BCUT2D eigenvalue weighted by Gasteiger charge is 2.11. The maximum atomic E-state index is 6.04. The van der Waals surface area contributed by atoms with Crippen molar-refractivity contribution in [3.63, 3.8) is 0 Å². The Hall–Kier alpha value is -1.53. The van der Waals surface area contributed by atoms with Gasteiger partial charge < -0.3 is 9.47 Å². The van der Waals surface area contributed by atoms with Crippen LogP contribution in [0.25, 0.3) is 0 Å². The van der Waals surface area contributed by atoms with Gasteiger partial charge in [-0.05, 0) is 71.8 Å². The van der Waals surface area contributed by atoms with Gasteiger partial charge in [0.2, 0.25) is 0 Å². The average Bonchev–Trinajstić information content (AvgIpc) is 2.55. The molecule has 0 spiro atoms. The first-order chi connectivity index (χ1) is 11.5. The highest BCUT2D eigenvalue weighted by atomic mass is 127. The number of nitrogens with zero attached hydrogens (tertiary/aromatic N) is 1. The molecule has 126 valence electrons. The Bertz CT molecular complexity index is 759. The van der Waals surface area contributed by atoms with E-state index in [-0.39, 0.29) is 0 Å². The zero-order valence-corrected chi connectivity index (χ0v) is 16.6. The lowest BCUT2D eigenvalue weighted by molar-refractivity contribution is 0.295. The van der Waals surface area contributed by atoms with Crippen LogP contribution < -0.4 is 9.47 Å². The van der Waals surface area contributed by atoms with Crippen LogP contribution in [0, 0.1) is 10.5 Å². The molecule has 0 bridgehead atoms. The fraction of sp³-hybridized carbons (Fsp3) is 0.211. The molecule has 0 aliphatic heterocycles. The third-order valence-electron chi connectivity index (χ3n) is 3.20. The van der Waals surface area contributed by atoms with Crippen molar-refractivity contribution in [2.24, 2.45) is 4.99 Å². The fourth-order valence-electron chi connectivity index (χ4n) is 2.07. The molecule has 0 aromatic heterocycles. The van der Waals surface area contributed by atoms with Crippen LogP contribution in [-0.2, 0) is 0 Å². The highest BCUT2D eigenvalue weighted by Crippen LogP contribution is 2.34. The van der Waals surface area contributed by atoms with E-state index in [4.69, 9.17) is 21.1 Å². The number of hydrogen-bond donors (Lipinski definition) is 0. The topological polar surface area (TPSA) is 30.8 Å². The summed E-state index contributed by atoms with van der Waals surface area (Å²) in [6.07, 6.45) is 3.52. The molecule has 0 atom stereocenters. The lowest BCUT2D eigenvalue weighted by Crippen LogP contribution is -2.02. The van der Waals surface area contributed by atoms with Crippen LogP contribution >= 0.6 is 34.2 Å². The molecule has 2 rings (SSSR count).